The number of hydrogen-bond donors (Lipinski definition) is 0. The minimum atomic E-state index is 0.247. The fraction of sp³-hybridized carbons (Fsp3) is 0.833. The summed E-state index contributed by atoms with van der Waals surface area (Å²) in [6.07, 6.45) is 2.81. The topological polar surface area (TPSA) is 40.6 Å². The van der Waals surface area contributed by atoms with E-state index in [2.05, 4.69) is 4.90 Å². The molecule has 1 amide bonds. The number of nitrogens with zero attached hydrogens (tertiary/aromatic N) is 2. The third kappa shape index (κ3) is 3.04. The first kappa shape index (κ1) is 11.6. The predicted octanol–water partition coefficient (Wildman–Crippen LogP) is 0.520. The average Bonchev–Trinajstić information content (AvgIpc) is 3.10. The van der Waals surface area contributed by atoms with Gasteiger partial charge < -0.3 is 4.90 Å². The van der Waals surface area contributed by atoms with Gasteiger partial charge in [0, 0.05) is 45.1 Å². The van der Waals surface area contributed by atoms with E-state index in [-0.39, 0.29) is 5.78 Å². The first-order valence-electron chi connectivity index (χ1n) is 6.17. The summed E-state index contributed by atoms with van der Waals surface area (Å²) in [5.41, 5.74) is 0. The van der Waals surface area contributed by atoms with Gasteiger partial charge in [-0.2, -0.15) is 0 Å². The van der Waals surface area contributed by atoms with Crippen LogP contribution in [-0.4, -0.2) is 54.2 Å². The van der Waals surface area contributed by atoms with Gasteiger partial charge in [0.2, 0.25) is 5.91 Å². The van der Waals surface area contributed by atoms with Gasteiger partial charge in [0.25, 0.3) is 0 Å². The Labute approximate surface area is 96.6 Å². The molecule has 1 aliphatic heterocycles. The van der Waals surface area contributed by atoms with E-state index in [1.54, 1.807) is 6.92 Å². The van der Waals surface area contributed by atoms with E-state index in [0.717, 1.165) is 45.6 Å². The number of ketones is 1. The summed E-state index contributed by atoms with van der Waals surface area (Å²) in [5, 5.41) is 0. The summed E-state index contributed by atoms with van der Waals surface area (Å²) < 4.78 is 0. The summed E-state index contributed by atoms with van der Waals surface area (Å²) in [5.74, 6) is 0.937. The molecule has 90 valence electrons. The minimum Gasteiger partial charge on any atom is -0.340 e. The molecule has 2 rings (SSSR count). The third-order valence-corrected chi connectivity index (χ3v) is 3.39. The van der Waals surface area contributed by atoms with Crippen LogP contribution in [0.25, 0.3) is 0 Å². The monoisotopic (exact) mass is 224 g/mol. The second-order valence-corrected chi connectivity index (χ2v) is 4.89. The number of rotatable bonds is 4. The van der Waals surface area contributed by atoms with E-state index in [0.29, 0.717) is 18.2 Å². The molecule has 0 aromatic heterocycles. The molecular weight excluding hydrogens is 204 g/mol. The predicted molar refractivity (Wildman–Crippen MR) is 61.0 cm³/mol. The second-order valence-electron chi connectivity index (χ2n) is 4.89. The molecular formula is C12H20N2O2. The maximum atomic E-state index is 11.8. The van der Waals surface area contributed by atoms with Crippen molar-refractivity contribution in [2.24, 2.45) is 5.92 Å². The van der Waals surface area contributed by atoms with Gasteiger partial charge in [0.15, 0.2) is 0 Å². The van der Waals surface area contributed by atoms with Gasteiger partial charge in [-0.25, -0.2) is 0 Å². The molecule has 0 bridgehead atoms. The highest BCUT2D eigenvalue weighted by atomic mass is 16.2. The van der Waals surface area contributed by atoms with Crippen molar-refractivity contribution < 1.29 is 9.59 Å². The summed E-state index contributed by atoms with van der Waals surface area (Å²) in [6, 6.07) is 0. The molecule has 0 unspecified atom stereocenters. The van der Waals surface area contributed by atoms with Crippen LogP contribution in [0.15, 0.2) is 0 Å². The van der Waals surface area contributed by atoms with Crippen LogP contribution < -0.4 is 0 Å². The number of piperazine rings is 1. The molecule has 16 heavy (non-hydrogen) atoms. The van der Waals surface area contributed by atoms with Crippen molar-refractivity contribution in [1.82, 2.24) is 9.80 Å². The fourth-order valence-corrected chi connectivity index (χ4v) is 2.10. The highest BCUT2D eigenvalue weighted by Crippen LogP contribution is 2.31. The van der Waals surface area contributed by atoms with Crippen molar-refractivity contribution in [1.29, 1.82) is 0 Å². The molecule has 0 aromatic carbocycles. The van der Waals surface area contributed by atoms with Crippen LogP contribution in [0.1, 0.15) is 26.2 Å². The number of carbonyl (C=O) groups is 2. The Morgan fingerprint density at radius 1 is 1.12 bits per heavy atom. The molecule has 1 heterocycles. The van der Waals surface area contributed by atoms with Crippen LogP contribution in [-0.2, 0) is 9.59 Å². The number of carbonyl (C=O) groups excluding carboxylic acids is 2. The third-order valence-electron chi connectivity index (χ3n) is 3.39. The lowest BCUT2D eigenvalue weighted by molar-refractivity contribution is -0.134. The minimum absolute atomic E-state index is 0.247. The molecule has 1 saturated heterocycles. The zero-order valence-electron chi connectivity index (χ0n) is 9.95. The summed E-state index contributed by atoms with van der Waals surface area (Å²) in [4.78, 5) is 26.9. The van der Waals surface area contributed by atoms with Gasteiger partial charge in [-0.05, 0) is 19.8 Å². The van der Waals surface area contributed by atoms with E-state index in [4.69, 9.17) is 0 Å². The first-order chi connectivity index (χ1) is 7.66. The summed E-state index contributed by atoms with van der Waals surface area (Å²) in [7, 11) is 0. The van der Waals surface area contributed by atoms with Crippen molar-refractivity contribution in [3.05, 3.63) is 0 Å². The van der Waals surface area contributed by atoms with Gasteiger partial charge in [-0.15, -0.1) is 0 Å². The van der Waals surface area contributed by atoms with Crippen molar-refractivity contribution in [3.63, 3.8) is 0 Å². The number of amides is 1. The van der Waals surface area contributed by atoms with Crippen molar-refractivity contribution in [2.75, 3.05) is 32.7 Å². The molecule has 4 heteroatoms. The van der Waals surface area contributed by atoms with Gasteiger partial charge in [0.1, 0.15) is 5.78 Å². The first-order valence-corrected chi connectivity index (χ1v) is 6.17. The fourth-order valence-electron chi connectivity index (χ4n) is 2.10. The lowest BCUT2D eigenvalue weighted by Gasteiger charge is -2.34. The molecule has 0 radical (unpaired) electrons. The SMILES string of the molecule is CC(=O)CCN1CCN(C(=O)C2CC2)CC1. The lowest BCUT2D eigenvalue weighted by Crippen LogP contribution is -2.49. The van der Waals surface area contributed by atoms with E-state index in [9.17, 15) is 9.59 Å². The van der Waals surface area contributed by atoms with Gasteiger partial charge >= 0.3 is 0 Å². The average molecular weight is 224 g/mol. The van der Waals surface area contributed by atoms with E-state index >= 15 is 0 Å². The normalized spacial score (nSPS) is 22.2. The van der Waals surface area contributed by atoms with Gasteiger partial charge in [0.05, 0.1) is 0 Å². The zero-order valence-corrected chi connectivity index (χ0v) is 9.95. The molecule has 0 aromatic rings. The Morgan fingerprint density at radius 2 is 1.75 bits per heavy atom. The second kappa shape index (κ2) is 4.95. The number of Topliss-reactive ketones (excluding diaryl/α,β-unsaturated/α-hetero) is 1. The van der Waals surface area contributed by atoms with Crippen LogP contribution in [0.4, 0.5) is 0 Å². The molecule has 0 N–H and O–H groups in total. The summed E-state index contributed by atoms with van der Waals surface area (Å²) in [6.45, 7) is 6.01. The van der Waals surface area contributed by atoms with E-state index < -0.39 is 0 Å². The Hall–Kier alpha value is -0.900. The maximum Gasteiger partial charge on any atom is 0.225 e. The smallest absolute Gasteiger partial charge is 0.225 e. The number of hydrogen-bond acceptors (Lipinski definition) is 3. The van der Waals surface area contributed by atoms with E-state index in [1.165, 1.54) is 0 Å². The van der Waals surface area contributed by atoms with Crippen LogP contribution in [0, 0.1) is 5.92 Å². The molecule has 2 fully saturated rings. The molecule has 2 aliphatic rings. The van der Waals surface area contributed by atoms with Crippen LogP contribution in [0.3, 0.4) is 0 Å². The van der Waals surface area contributed by atoms with Crippen LogP contribution in [0.2, 0.25) is 0 Å². The molecule has 0 atom stereocenters. The van der Waals surface area contributed by atoms with E-state index in [1.807, 2.05) is 4.90 Å². The van der Waals surface area contributed by atoms with Gasteiger partial charge in [-0.3, -0.25) is 14.5 Å². The zero-order chi connectivity index (χ0) is 11.5. The molecule has 0 spiro atoms. The molecule has 4 nitrogen and oxygen atoms in total. The maximum absolute atomic E-state index is 11.8. The Bertz CT molecular complexity index is 279. The standard InChI is InChI=1S/C12H20N2O2/c1-10(15)4-5-13-6-8-14(9-7-13)12(16)11-2-3-11/h11H,2-9H2,1H3. The van der Waals surface area contributed by atoms with Crippen molar-refractivity contribution in [3.8, 4) is 0 Å². The largest absolute Gasteiger partial charge is 0.340 e. The van der Waals surface area contributed by atoms with Crippen molar-refractivity contribution in [2.45, 2.75) is 26.2 Å². The Balaban J connectivity index is 1.69. The van der Waals surface area contributed by atoms with Crippen LogP contribution >= 0.6 is 0 Å². The van der Waals surface area contributed by atoms with Crippen molar-refractivity contribution >= 4 is 11.7 Å². The quantitative estimate of drug-likeness (QED) is 0.699. The summed E-state index contributed by atoms with van der Waals surface area (Å²) >= 11 is 0. The molecule has 1 aliphatic carbocycles. The van der Waals surface area contributed by atoms with Gasteiger partial charge in [-0.1, -0.05) is 0 Å². The lowest BCUT2D eigenvalue weighted by atomic mass is 10.2. The molecule has 1 saturated carbocycles. The Morgan fingerprint density at radius 3 is 2.25 bits per heavy atom. The highest BCUT2D eigenvalue weighted by Gasteiger charge is 2.34. The van der Waals surface area contributed by atoms with Crippen LogP contribution in [0.5, 0.6) is 0 Å². The Kier molecular flexibility index (Phi) is 3.59. The highest BCUT2D eigenvalue weighted by molar-refractivity contribution is 5.81.